The number of hydrogen-bond donors (Lipinski definition) is 0. The molecule has 1 amide bonds. The van der Waals surface area contributed by atoms with E-state index in [4.69, 9.17) is 0 Å². The molecule has 0 spiro atoms. The van der Waals surface area contributed by atoms with E-state index < -0.39 is 0 Å². The van der Waals surface area contributed by atoms with Crippen LogP contribution in [-0.2, 0) is 4.79 Å². The third-order valence-corrected chi connectivity index (χ3v) is 5.30. The zero-order valence-electron chi connectivity index (χ0n) is 16.1. The molecule has 2 aromatic rings. The molecule has 1 saturated heterocycles. The summed E-state index contributed by atoms with van der Waals surface area (Å²) in [6.07, 6.45) is 0. The van der Waals surface area contributed by atoms with E-state index in [1.807, 2.05) is 61.2 Å². The number of rotatable bonds is 6. The Bertz CT molecular complexity index is 740. The van der Waals surface area contributed by atoms with Crippen LogP contribution in [0, 0.1) is 5.82 Å². The van der Waals surface area contributed by atoms with Gasteiger partial charge in [-0.05, 0) is 31.5 Å². The normalized spacial score (nSPS) is 16.2. The summed E-state index contributed by atoms with van der Waals surface area (Å²) >= 11 is 0. The third-order valence-electron chi connectivity index (χ3n) is 5.30. The second-order valence-corrected chi connectivity index (χ2v) is 6.80. The Hall–Kier alpha value is -2.40. The molecule has 0 saturated carbocycles. The van der Waals surface area contributed by atoms with Gasteiger partial charge in [-0.1, -0.05) is 42.5 Å². The lowest BCUT2D eigenvalue weighted by atomic mass is 10.0. The van der Waals surface area contributed by atoms with Crippen LogP contribution in [0.4, 0.5) is 10.1 Å². The van der Waals surface area contributed by atoms with E-state index >= 15 is 0 Å². The summed E-state index contributed by atoms with van der Waals surface area (Å²) in [5, 5.41) is 0. The van der Waals surface area contributed by atoms with Crippen molar-refractivity contribution < 1.29 is 9.18 Å². The van der Waals surface area contributed by atoms with E-state index in [0.717, 1.165) is 18.7 Å². The predicted octanol–water partition coefficient (Wildman–Crippen LogP) is 3.56. The van der Waals surface area contributed by atoms with Gasteiger partial charge in [0.2, 0.25) is 5.91 Å². The number of piperazine rings is 1. The molecule has 27 heavy (non-hydrogen) atoms. The number of amides is 1. The van der Waals surface area contributed by atoms with Crippen molar-refractivity contribution in [3.05, 3.63) is 66.0 Å². The molecular weight excluding hydrogens is 341 g/mol. The lowest BCUT2D eigenvalue weighted by molar-refractivity contribution is -0.137. The van der Waals surface area contributed by atoms with Crippen LogP contribution in [-0.4, -0.2) is 55.0 Å². The van der Waals surface area contributed by atoms with Crippen LogP contribution in [0.25, 0.3) is 0 Å². The molecule has 1 unspecified atom stereocenters. The summed E-state index contributed by atoms with van der Waals surface area (Å²) in [5.41, 5.74) is 1.66. The molecule has 1 fully saturated rings. The summed E-state index contributed by atoms with van der Waals surface area (Å²) in [5.74, 6) is -0.0460. The predicted molar refractivity (Wildman–Crippen MR) is 107 cm³/mol. The highest BCUT2D eigenvalue weighted by atomic mass is 19.1. The molecule has 1 aliphatic heterocycles. The van der Waals surface area contributed by atoms with Gasteiger partial charge in [0.1, 0.15) is 11.9 Å². The Morgan fingerprint density at radius 3 is 2.15 bits per heavy atom. The molecule has 1 aliphatic rings. The Kier molecular flexibility index (Phi) is 6.45. The smallest absolute Gasteiger partial charge is 0.244 e. The first-order valence-corrected chi connectivity index (χ1v) is 9.73. The summed E-state index contributed by atoms with van der Waals surface area (Å²) in [7, 11) is 0. The molecule has 2 aromatic carbocycles. The van der Waals surface area contributed by atoms with Crippen molar-refractivity contribution in [2.24, 2.45) is 0 Å². The van der Waals surface area contributed by atoms with Crippen LogP contribution in [0.3, 0.4) is 0 Å². The minimum atomic E-state index is -0.283. The van der Waals surface area contributed by atoms with Gasteiger partial charge < -0.3 is 9.80 Å². The largest absolute Gasteiger partial charge is 0.367 e. The maximum atomic E-state index is 14.1. The van der Waals surface area contributed by atoms with Crippen LogP contribution >= 0.6 is 0 Å². The second-order valence-electron chi connectivity index (χ2n) is 6.80. The van der Waals surface area contributed by atoms with E-state index in [9.17, 15) is 9.18 Å². The number of nitrogens with zero attached hydrogens (tertiary/aromatic N) is 3. The van der Waals surface area contributed by atoms with Crippen molar-refractivity contribution in [2.45, 2.75) is 19.9 Å². The van der Waals surface area contributed by atoms with Crippen LogP contribution in [0.2, 0.25) is 0 Å². The van der Waals surface area contributed by atoms with Crippen LogP contribution < -0.4 is 4.90 Å². The van der Waals surface area contributed by atoms with E-state index in [-0.39, 0.29) is 17.8 Å². The number of para-hydroxylation sites is 1. The van der Waals surface area contributed by atoms with Gasteiger partial charge in [-0.2, -0.15) is 0 Å². The highest BCUT2D eigenvalue weighted by Gasteiger charge is 2.32. The van der Waals surface area contributed by atoms with Gasteiger partial charge in [-0.25, -0.2) is 4.39 Å². The zero-order chi connectivity index (χ0) is 19.2. The van der Waals surface area contributed by atoms with Gasteiger partial charge >= 0.3 is 0 Å². The lowest BCUT2D eigenvalue weighted by Gasteiger charge is -2.41. The number of halogens is 1. The molecule has 4 nitrogen and oxygen atoms in total. The number of benzene rings is 2. The average Bonchev–Trinajstić information content (AvgIpc) is 2.71. The van der Waals surface area contributed by atoms with Gasteiger partial charge in [-0.3, -0.25) is 9.69 Å². The van der Waals surface area contributed by atoms with Gasteiger partial charge in [0.15, 0.2) is 0 Å². The molecular formula is C22H28FN3O. The Morgan fingerprint density at radius 2 is 1.56 bits per heavy atom. The number of likely N-dealkylation sites (N-methyl/N-ethyl adjacent to an activating group) is 1. The molecule has 144 valence electrons. The summed E-state index contributed by atoms with van der Waals surface area (Å²) < 4.78 is 14.1. The van der Waals surface area contributed by atoms with E-state index in [2.05, 4.69) is 9.80 Å². The molecule has 0 radical (unpaired) electrons. The Labute approximate surface area is 161 Å². The number of carbonyl (C=O) groups is 1. The van der Waals surface area contributed by atoms with E-state index in [1.54, 1.807) is 6.07 Å². The van der Waals surface area contributed by atoms with Crippen molar-refractivity contribution in [1.82, 2.24) is 9.80 Å². The van der Waals surface area contributed by atoms with Gasteiger partial charge in [0.05, 0.1) is 5.69 Å². The van der Waals surface area contributed by atoms with Crippen LogP contribution in [0.1, 0.15) is 25.5 Å². The topological polar surface area (TPSA) is 26.8 Å². The molecule has 3 rings (SSSR count). The van der Waals surface area contributed by atoms with E-state index in [1.165, 1.54) is 6.07 Å². The van der Waals surface area contributed by atoms with Crippen molar-refractivity contribution in [3.8, 4) is 0 Å². The fourth-order valence-electron chi connectivity index (χ4n) is 3.78. The maximum absolute atomic E-state index is 14.1. The van der Waals surface area contributed by atoms with Crippen LogP contribution in [0.15, 0.2) is 54.6 Å². The van der Waals surface area contributed by atoms with Crippen molar-refractivity contribution in [1.29, 1.82) is 0 Å². The lowest BCUT2D eigenvalue weighted by Crippen LogP contribution is -2.51. The molecule has 0 bridgehead atoms. The molecule has 1 heterocycles. The SMILES string of the molecule is CCN(CC)C(=O)C(c1ccccc1)N1CCN(c2ccccc2F)CC1. The molecule has 0 aromatic heterocycles. The standard InChI is InChI=1S/C22H28FN3O/c1-3-24(4-2)22(27)21(18-10-6-5-7-11-18)26-16-14-25(15-17-26)20-13-9-8-12-19(20)23/h5-13,21H,3-4,14-17H2,1-2H3. The van der Waals surface area contributed by atoms with Gasteiger partial charge in [0.25, 0.3) is 0 Å². The number of carbonyl (C=O) groups excluding carboxylic acids is 1. The Morgan fingerprint density at radius 1 is 0.963 bits per heavy atom. The van der Waals surface area contributed by atoms with Crippen molar-refractivity contribution >= 4 is 11.6 Å². The minimum absolute atomic E-state index is 0.144. The minimum Gasteiger partial charge on any atom is -0.367 e. The summed E-state index contributed by atoms with van der Waals surface area (Å²) in [6.45, 7) is 8.29. The van der Waals surface area contributed by atoms with Gasteiger partial charge in [0, 0.05) is 39.3 Å². The highest BCUT2D eigenvalue weighted by Crippen LogP contribution is 2.27. The zero-order valence-corrected chi connectivity index (χ0v) is 16.1. The molecule has 0 aliphatic carbocycles. The Balaban J connectivity index is 1.78. The first-order valence-electron chi connectivity index (χ1n) is 9.73. The highest BCUT2D eigenvalue weighted by molar-refractivity contribution is 5.83. The van der Waals surface area contributed by atoms with E-state index in [0.29, 0.717) is 31.9 Å². The van der Waals surface area contributed by atoms with Gasteiger partial charge in [-0.15, -0.1) is 0 Å². The fourth-order valence-corrected chi connectivity index (χ4v) is 3.78. The maximum Gasteiger partial charge on any atom is 0.244 e. The number of hydrogen-bond acceptors (Lipinski definition) is 3. The van der Waals surface area contributed by atoms with Crippen molar-refractivity contribution in [3.63, 3.8) is 0 Å². The summed E-state index contributed by atoms with van der Waals surface area (Å²) in [4.78, 5) is 19.4. The third kappa shape index (κ3) is 4.30. The average molecular weight is 369 g/mol. The number of anilines is 1. The monoisotopic (exact) mass is 369 g/mol. The molecule has 1 atom stereocenters. The van der Waals surface area contributed by atoms with Crippen molar-refractivity contribution in [2.75, 3.05) is 44.2 Å². The molecule has 0 N–H and O–H groups in total. The quantitative estimate of drug-likeness (QED) is 0.779. The second kappa shape index (κ2) is 9.00. The first-order chi connectivity index (χ1) is 13.2. The summed E-state index contributed by atoms with van der Waals surface area (Å²) in [6, 6.07) is 16.6. The molecule has 5 heteroatoms. The first kappa shape index (κ1) is 19.4. The van der Waals surface area contributed by atoms with Crippen LogP contribution in [0.5, 0.6) is 0 Å². The fraction of sp³-hybridized carbons (Fsp3) is 0.409.